The minimum atomic E-state index is 0.715. The molecule has 0 aliphatic heterocycles. The van der Waals surface area contributed by atoms with Gasteiger partial charge >= 0.3 is 0 Å². The van der Waals surface area contributed by atoms with Gasteiger partial charge in [-0.3, -0.25) is 0 Å². The molecule has 2 nitrogen and oxygen atoms in total. The Morgan fingerprint density at radius 2 is 0.936 bits per heavy atom. The van der Waals surface area contributed by atoms with Gasteiger partial charge in [0.15, 0.2) is 5.82 Å². The summed E-state index contributed by atoms with van der Waals surface area (Å²) < 4.78 is 2.65. The SMILES string of the molecule is c1ccc(-c2cc(-c3ccc4sc5c6ccccc6ccc5c4c3)cc(-c3cc(-c4ccccc4)nc(-c4ccccc4)n3)c2)cc1. The maximum Gasteiger partial charge on any atom is 0.160 e. The smallest absolute Gasteiger partial charge is 0.160 e. The predicted molar refractivity (Wildman–Crippen MR) is 200 cm³/mol. The van der Waals surface area contributed by atoms with Crippen LogP contribution in [0.1, 0.15) is 0 Å². The predicted octanol–water partition coefficient (Wildman–Crippen LogP) is 12.3. The molecule has 3 heteroatoms. The molecule has 9 rings (SSSR count). The lowest BCUT2D eigenvalue weighted by atomic mass is 9.94. The number of aromatic nitrogens is 2. The lowest BCUT2D eigenvalue weighted by Crippen LogP contribution is -1.96. The van der Waals surface area contributed by atoms with Crippen molar-refractivity contribution < 1.29 is 0 Å². The molecule has 0 spiro atoms. The molecular weight excluding hydrogens is 589 g/mol. The molecule has 7 aromatic carbocycles. The van der Waals surface area contributed by atoms with E-state index in [2.05, 4.69) is 146 Å². The fraction of sp³-hybridized carbons (Fsp3) is 0. The van der Waals surface area contributed by atoms with Gasteiger partial charge in [-0.25, -0.2) is 9.97 Å². The van der Waals surface area contributed by atoms with Crippen molar-refractivity contribution in [1.82, 2.24) is 9.97 Å². The highest BCUT2D eigenvalue weighted by Crippen LogP contribution is 2.41. The van der Waals surface area contributed by atoms with Crippen LogP contribution in [0.25, 0.3) is 87.1 Å². The first-order valence-electron chi connectivity index (χ1n) is 15.8. The van der Waals surface area contributed by atoms with Crippen molar-refractivity contribution in [3.8, 4) is 56.2 Å². The van der Waals surface area contributed by atoms with E-state index in [-0.39, 0.29) is 0 Å². The van der Waals surface area contributed by atoms with E-state index >= 15 is 0 Å². The molecule has 0 saturated heterocycles. The maximum atomic E-state index is 5.17. The number of hydrogen-bond acceptors (Lipinski definition) is 3. The highest BCUT2D eigenvalue weighted by molar-refractivity contribution is 7.26. The van der Waals surface area contributed by atoms with Crippen LogP contribution in [0.15, 0.2) is 170 Å². The van der Waals surface area contributed by atoms with E-state index in [0.29, 0.717) is 5.82 Å². The zero-order valence-corrected chi connectivity index (χ0v) is 26.3. The number of nitrogens with zero attached hydrogens (tertiary/aromatic N) is 2. The van der Waals surface area contributed by atoms with Crippen LogP contribution in [-0.2, 0) is 0 Å². The molecule has 0 bridgehead atoms. The van der Waals surface area contributed by atoms with Gasteiger partial charge in [0.25, 0.3) is 0 Å². The Kier molecular flexibility index (Phi) is 6.69. The molecule has 0 N–H and O–H groups in total. The molecule has 0 aliphatic carbocycles. The summed E-state index contributed by atoms with van der Waals surface area (Å²) in [6.07, 6.45) is 0. The van der Waals surface area contributed by atoms with Crippen molar-refractivity contribution in [1.29, 1.82) is 0 Å². The van der Waals surface area contributed by atoms with Gasteiger partial charge in [-0.05, 0) is 69.4 Å². The molecule has 220 valence electrons. The average Bonchev–Trinajstić information content (AvgIpc) is 3.54. The molecule has 2 aromatic heterocycles. The van der Waals surface area contributed by atoms with E-state index in [4.69, 9.17) is 9.97 Å². The Bertz CT molecular complexity index is 2500. The quantitative estimate of drug-likeness (QED) is 0.192. The van der Waals surface area contributed by atoms with Gasteiger partial charge in [0, 0.05) is 36.9 Å². The average molecular weight is 617 g/mol. The minimum Gasteiger partial charge on any atom is -0.228 e. The van der Waals surface area contributed by atoms with Crippen LogP contribution in [0.5, 0.6) is 0 Å². The van der Waals surface area contributed by atoms with Gasteiger partial charge in [-0.15, -0.1) is 11.3 Å². The van der Waals surface area contributed by atoms with Crippen LogP contribution >= 0.6 is 11.3 Å². The molecule has 0 amide bonds. The third-order valence-corrected chi connectivity index (χ3v) is 10.1. The lowest BCUT2D eigenvalue weighted by molar-refractivity contribution is 1.18. The van der Waals surface area contributed by atoms with E-state index in [1.54, 1.807) is 0 Å². The first-order valence-corrected chi connectivity index (χ1v) is 16.6. The molecule has 47 heavy (non-hydrogen) atoms. The molecule has 0 aliphatic rings. The highest BCUT2D eigenvalue weighted by atomic mass is 32.1. The van der Waals surface area contributed by atoms with Crippen LogP contribution in [0.4, 0.5) is 0 Å². The van der Waals surface area contributed by atoms with E-state index in [1.807, 2.05) is 35.6 Å². The highest BCUT2D eigenvalue weighted by Gasteiger charge is 2.15. The Morgan fingerprint density at radius 1 is 0.340 bits per heavy atom. The molecular formula is C44H28N2S. The summed E-state index contributed by atoms with van der Waals surface area (Å²) in [5.41, 5.74) is 9.58. The van der Waals surface area contributed by atoms with Crippen LogP contribution in [-0.4, -0.2) is 9.97 Å². The number of benzene rings is 7. The summed E-state index contributed by atoms with van der Waals surface area (Å²) in [5, 5.41) is 5.19. The van der Waals surface area contributed by atoms with Crippen LogP contribution in [0, 0.1) is 0 Å². The van der Waals surface area contributed by atoms with Crippen molar-refractivity contribution in [3.63, 3.8) is 0 Å². The Morgan fingerprint density at radius 3 is 1.68 bits per heavy atom. The fourth-order valence-electron chi connectivity index (χ4n) is 6.49. The Labute approximate surface area is 277 Å². The monoisotopic (exact) mass is 616 g/mol. The van der Waals surface area contributed by atoms with Gasteiger partial charge in [0.2, 0.25) is 0 Å². The second-order valence-corrected chi connectivity index (χ2v) is 12.9. The van der Waals surface area contributed by atoms with Gasteiger partial charge in [-0.1, -0.05) is 133 Å². The third kappa shape index (κ3) is 5.07. The van der Waals surface area contributed by atoms with Crippen molar-refractivity contribution in [2.24, 2.45) is 0 Å². The number of thiophene rings is 1. The molecule has 0 saturated carbocycles. The van der Waals surface area contributed by atoms with Gasteiger partial charge in [0.05, 0.1) is 11.4 Å². The maximum absolute atomic E-state index is 5.17. The van der Waals surface area contributed by atoms with E-state index in [9.17, 15) is 0 Å². The summed E-state index contributed by atoms with van der Waals surface area (Å²) in [7, 11) is 0. The van der Waals surface area contributed by atoms with Crippen LogP contribution < -0.4 is 0 Å². The number of fused-ring (bicyclic) bond motifs is 5. The molecule has 9 aromatic rings. The largest absolute Gasteiger partial charge is 0.228 e. The minimum absolute atomic E-state index is 0.715. The molecule has 0 atom stereocenters. The Balaban J connectivity index is 1.26. The van der Waals surface area contributed by atoms with Crippen molar-refractivity contribution in [3.05, 3.63) is 170 Å². The van der Waals surface area contributed by atoms with Gasteiger partial charge in [-0.2, -0.15) is 0 Å². The molecule has 0 unspecified atom stereocenters. The summed E-state index contributed by atoms with van der Waals surface area (Å²) in [4.78, 5) is 10.2. The topological polar surface area (TPSA) is 25.8 Å². The second kappa shape index (κ2) is 11.5. The lowest BCUT2D eigenvalue weighted by Gasteiger charge is -2.13. The zero-order valence-electron chi connectivity index (χ0n) is 25.5. The second-order valence-electron chi connectivity index (χ2n) is 11.8. The zero-order chi connectivity index (χ0) is 31.2. The first kappa shape index (κ1) is 27.4. The normalized spacial score (nSPS) is 11.4. The summed E-state index contributed by atoms with van der Waals surface area (Å²) in [6, 6.07) is 60.3. The summed E-state index contributed by atoms with van der Waals surface area (Å²) >= 11 is 1.88. The number of hydrogen-bond donors (Lipinski definition) is 0. The fourth-order valence-corrected chi connectivity index (χ4v) is 7.71. The third-order valence-electron chi connectivity index (χ3n) is 8.86. The Hall–Kier alpha value is -5.90. The summed E-state index contributed by atoms with van der Waals surface area (Å²) in [5.74, 6) is 0.715. The molecule has 0 fully saturated rings. The van der Waals surface area contributed by atoms with Gasteiger partial charge < -0.3 is 0 Å². The van der Waals surface area contributed by atoms with E-state index < -0.39 is 0 Å². The summed E-state index contributed by atoms with van der Waals surface area (Å²) in [6.45, 7) is 0. The van der Waals surface area contributed by atoms with Crippen LogP contribution in [0.3, 0.4) is 0 Å². The molecule has 2 heterocycles. The molecule has 0 radical (unpaired) electrons. The van der Waals surface area contributed by atoms with Crippen molar-refractivity contribution >= 4 is 42.3 Å². The number of rotatable bonds is 5. The first-order chi connectivity index (χ1) is 23.3. The standard InChI is InChI=1S/C44H28N2S/c1-4-12-29(13-5-1)34-24-35(33-21-23-42-39(27-33)38-22-20-30-14-10-11-19-37(30)43(38)47-42)26-36(25-34)41-28-40(31-15-6-2-7-16-31)45-44(46-41)32-17-8-3-9-18-32/h1-28H. The van der Waals surface area contributed by atoms with Gasteiger partial charge in [0.1, 0.15) is 0 Å². The van der Waals surface area contributed by atoms with Crippen molar-refractivity contribution in [2.45, 2.75) is 0 Å². The van der Waals surface area contributed by atoms with E-state index in [0.717, 1.165) is 39.2 Å². The van der Waals surface area contributed by atoms with E-state index in [1.165, 1.54) is 42.1 Å². The van der Waals surface area contributed by atoms with Crippen molar-refractivity contribution in [2.75, 3.05) is 0 Å². The van der Waals surface area contributed by atoms with Crippen LogP contribution in [0.2, 0.25) is 0 Å².